The van der Waals surface area contributed by atoms with E-state index in [4.69, 9.17) is 4.74 Å². The summed E-state index contributed by atoms with van der Waals surface area (Å²) in [5, 5.41) is 3.58. The van der Waals surface area contributed by atoms with Gasteiger partial charge in [0.15, 0.2) is 11.6 Å². The number of halogens is 1. The fourth-order valence-corrected chi connectivity index (χ4v) is 2.69. The van der Waals surface area contributed by atoms with Gasteiger partial charge in [-0.15, -0.1) is 0 Å². The third-order valence-electron chi connectivity index (χ3n) is 4.08. The SMILES string of the molecule is CCCNC(Cc1cccc(OC)c1F)C1CCC1. The predicted octanol–water partition coefficient (Wildman–Crippen LogP) is 3.55. The zero-order valence-electron chi connectivity index (χ0n) is 11.9. The summed E-state index contributed by atoms with van der Waals surface area (Å²) in [6.07, 6.45) is 5.73. The van der Waals surface area contributed by atoms with E-state index >= 15 is 0 Å². The molecule has 0 bridgehead atoms. The first-order valence-corrected chi connectivity index (χ1v) is 7.31. The molecule has 0 amide bonds. The molecule has 1 aromatic carbocycles. The van der Waals surface area contributed by atoms with Crippen molar-refractivity contribution in [3.63, 3.8) is 0 Å². The molecule has 1 aliphatic carbocycles. The van der Waals surface area contributed by atoms with Gasteiger partial charge in [-0.25, -0.2) is 4.39 Å². The second-order valence-electron chi connectivity index (χ2n) is 5.39. The van der Waals surface area contributed by atoms with Gasteiger partial charge in [-0.05, 0) is 49.8 Å². The highest BCUT2D eigenvalue weighted by Gasteiger charge is 2.27. The molecule has 0 spiro atoms. The lowest BCUT2D eigenvalue weighted by molar-refractivity contribution is 0.226. The van der Waals surface area contributed by atoms with E-state index in [1.54, 1.807) is 6.07 Å². The van der Waals surface area contributed by atoms with Crippen molar-refractivity contribution in [1.82, 2.24) is 5.32 Å². The normalized spacial score (nSPS) is 17.0. The third-order valence-corrected chi connectivity index (χ3v) is 4.08. The Kier molecular flexibility index (Phi) is 5.20. The number of benzene rings is 1. The minimum absolute atomic E-state index is 0.201. The lowest BCUT2D eigenvalue weighted by Gasteiger charge is -2.34. The van der Waals surface area contributed by atoms with E-state index in [0.29, 0.717) is 17.7 Å². The minimum atomic E-state index is -0.201. The van der Waals surface area contributed by atoms with E-state index in [9.17, 15) is 4.39 Å². The summed E-state index contributed by atoms with van der Waals surface area (Å²) < 4.78 is 19.2. The number of nitrogens with one attached hydrogen (secondary N) is 1. The highest BCUT2D eigenvalue weighted by atomic mass is 19.1. The Morgan fingerprint density at radius 1 is 1.42 bits per heavy atom. The van der Waals surface area contributed by atoms with Crippen LogP contribution in [0.15, 0.2) is 18.2 Å². The van der Waals surface area contributed by atoms with Crippen LogP contribution >= 0.6 is 0 Å². The molecule has 3 heteroatoms. The number of methoxy groups -OCH3 is 1. The summed E-state index contributed by atoms with van der Waals surface area (Å²) >= 11 is 0. The van der Waals surface area contributed by atoms with Crippen LogP contribution < -0.4 is 10.1 Å². The van der Waals surface area contributed by atoms with E-state index in [2.05, 4.69) is 12.2 Å². The second-order valence-corrected chi connectivity index (χ2v) is 5.39. The molecule has 19 heavy (non-hydrogen) atoms. The molecule has 1 N–H and O–H groups in total. The zero-order valence-corrected chi connectivity index (χ0v) is 11.9. The van der Waals surface area contributed by atoms with E-state index in [0.717, 1.165) is 24.9 Å². The molecule has 1 aromatic rings. The summed E-state index contributed by atoms with van der Waals surface area (Å²) in [5.74, 6) is 0.852. The molecule has 0 saturated heterocycles. The van der Waals surface area contributed by atoms with Gasteiger partial charge >= 0.3 is 0 Å². The maximum atomic E-state index is 14.2. The van der Waals surface area contributed by atoms with Crippen LogP contribution in [0.4, 0.5) is 4.39 Å². The highest BCUT2D eigenvalue weighted by molar-refractivity contribution is 5.31. The number of hydrogen-bond acceptors (Lipinski definition) is 2. The molecule has 0 aliphatic heterocycles. The van der Waals surface area contributed by atoms with Gasteiger partial charge in [-0.3, -0.25) is 0 Å². The maximum Gasteiger partial charge on any atom is 0.168 e. The average Bonchev–Trinajstić information content (AvgIpc) is 2.36. The molecule has 2 nitrogen and oxygen atoms in total. The Balaban J connectivity index is 2.07. The van der Waals surface area contributed by atoms with E-state index in [1.807, 2.05) is 12.1 Å². The van der Waals surface area contributed by atoms with Crippen molar-refractivity contribution in [2.75, 3.05) is 13.7 Å². The summed E-state index contributed by atoms with van der Waals surface area (Å²) in [5.41, 5.74) is 0.764. The maximum absolute atomic E-state index is 14.2. The summed E-state index contributed by atoms with van der Waals surface area (Å²) in [4.78, 5) is 0. The van der Waals surface area contributed by atoms with Crippen LogP contribution in [0.5, 0.6) is 5.75 Å². The smallest absolute Gasteiger partial charge is 0.168 e. The van der Waals surface area contributed by atoms with Gasteiger partial charge in [0, 0.05) is 6.04 Å². The van der Waals surface area contributed by atoms with Crippen molar-refractivity contribution in [1.29, 1.82) is 0 Å². The number of hydrogen-bond donors (Lipinski definition) is 1. The lowest BCUT2D eigenvalue weighted by Crippen LogP contribution is -2.41. The lowest BCUT2D eigenvalue weighted by atomic mass is 9.77. The molecule has 1 aliphatic rings. The number of ether oxygens (including phenoxy) is 1. The van der Waals surface area contributed by atoms with Crippen molar-refractivity contribution in [3.05, 3.63) is 29.6 Å². The first-order chi connectivity index (χ1) is 9.26. The Labute approximate surface area is 115 Å². The third kappa shape index (κ3) is 3.47. The monoisotopic (exact) mass is 265 g/mol. The van der Waals surface area contributed by atoms with Crippen LogP contribution in [0.1, 0.15) is 38.2 Å². The molecule has 106 valence electrons. The Morgan fingerprint density at radius 3 is 2.79 bits per heavy atom. The second kappa shape index (κ2) is 6.90. The molecule has 2 rings (SSSR count). The van der Waals surface area contributed by atoms with Gasteiger partial charge in [-0.2, -0.15) is 0 Å². The molecule has 1 atom stereocenters. The molecular weight excluding hydrogens is 241 g/mol. The van der Waals surface area contributed by atoms with Gasteiger partial charge in [-0.1, -0.05) is 25.5 Å². The fourth-order valence-electron chi connectivity index (χ4n) is 2.69. The Morgan fingerprint density at radius 2 is 2.21 bits per heavy atom. The van der Waals surface area contributed by atoms with Crippen molar-refractivity contribution in [2.45, 2.75) is 45.1 Å². The summed E-state index contributed by atoms with van der Waals surface area (Å²) in [6, 6.07) is 5.82. The average molecular weight is 265 g/mol. The van der Waals surface area contributed by atoms with Crippen molar-refractivity contribution in [3.8, 4) is 5.75 Å². The topological polar surface area (TPSA) is 21.3 Å². The molecule has 0 heterocycles. The van der Waals surface area contributed by atoms with Crippen LogP contribution in [0, 0.1) is 11.7 Å². The van der Waals surface area contributed by atoms with Crippen molar-refractivity contribution in [2.24, 2.45) is 5.92 Å². The van der Waals surface area contributed by atoms with Gasteiger partial charge in [0.05, 0.1) is 7.11 Å². The molecule has 1 unspecified atom stereocenters. The van der Waals surface area contributed by atoms with E-state index < -0.39 is 0 Å². The van der Waals surface area contributed by atoms with Crippen LogP contribution in [0.25, 0.3) is 0 Å². The first kappa shape index (κ1) is 14.3. The molecule has 1 saturated carbocycles. The van der Waals surface area contributed by atoms with Crippen molar-refractivity contribution < 1.29 is 9.13 Å². The Bertz CT molecular complexity index is 404. The van der Waals surface area contributed by atoms with E-state index in [-0.39, 0.29) is 5.82 Å². The van der Waals surface area contributed by atoms with Crippen molar-refractivity contribution >= 4 is 0 Å². The fraction of sp³-hybridized carbons (Fsp3) is 0.625. The molecule has 0 aromatic heterocycles. The largest absolute Gasteiger partial charge is 0.494 e. The van der Waals surface area contributed by atoms with Gasteiger partial charge in [0.2, 0.25) is 0 Å². The summed E-state index contributed by atoms with van der Waals surface area (Å²) in [7, 11) is 1.51. The predicted molar refractivity (Wildman–Crippen MR) is 76.1 cm³/mol. The van der Waals surface area contributed by atoms with Crippen LogP contribution in [0.2, 0.25) is 0 Å². The first-order valence-electron chi connectivity index (χ1n) is 7.31. The molecule has 0 radical (unpaired) electrons. The van der Waals surface area contributed by atoms with Crippen LogP contribution in [0.3, 0.4) is 0 Å². The molecule has 1 fully saturated rings. The minimum Gasteiger partial charge on any atom is -0.494 e. The van der Waals surface area contributed by atoms with Crippen LogP contribution in [-0.2, 0) is 6.42 Å². The number of rotatable bonds is 7. The summed E-state index contributed by atoms with van der Waals surface area (Å²) in [6.45, 7) is 3.17. The highest BCUT2D eigenvalue weighted by Crippen LogP contribution is 2.32. The van der Waals surface area contributed by atoms with Crippen LogP contribution in [-0.4, -0.2) is 19.7 Å². The zero-order chi connectivity index (χ0) is 13.7. The Hall–Kier alpha value is -1.09. The van der Waals surface area contributed by atoms with Gasteiger partial charge in [0.25, 0.3) is 0 Å². The quantitative estimate of drug-likeness (QED) is 0.814. The van der Waals surface area contributed by atoms with E-state index in [1.165, 1.54) is 26.4 Å². The van der Waals surface area contributed by atoms with Gasteiger partial charge in [0.1, 0.15) is 0 Å². The standard InChI is InChI=1S/C16H24FNO/c1-3-10-18-14(12-6-4-7-12)11-13-8-5-9-15(19-2)16(13)17/h5,8-9,12,14,18H,3-4,6-7,10-11H2,1-2H3. The molecular formula is C16H24FNO. The van der Waals surface area contributed by atoms with Gasteiger partial charge < -0.3 is 10.1 Å².